The number of hydrogen-bond donors (Lipinski definition) is 2. The summed E-state index contributed by atoms with van der Waals surface area (Å²) in [5, 5.41) is 11.8. The first-order chi connectivity index (χ1) is 11.4. The number of imide groups is 1. The van der Waals surface area contributed by atoms with E-state index in [2.05, 4.69) is 10.3 Å². The first-order valence-corrected chi connectivity index (χ1v) is 7.25. The topological polar surface area (TPSA) is 119 Å². The highest BCUT2D eigenvalue weighted by atomic mass is 16.4. The molecule has 0 aromatic carbocycles. The van der Waals surface area contributed by atoms with Crippen LogP contribution in [0.15, 0.2) is 21.7 Å². The molecule has 4 amide bonds. The molecule has 0 spiro atoms. The smallest absolute Gasteiger partial charge is 0.328 e. The highest BCUT2D eigenvalue weighted by Gasteiger charge is 2.48. The average molecular weight is 335 g/mol. The van der Waals surface area contributed by atoms with Crippen LogP contribution < -0.4 is 5.32 Å². The van der Waals surface area contributed by atoms with E-state index in [1.54, 1.807) is 7.05 Å². The Bertz CT molecular complexity index is 714. The van der Waals surface area contributed by atoms with E-state index in [-0.39, 0.29) is 24.7 Å². The van der Waals surface area contributed by atoms with Gasteiger partial charge in [-0.25, -0.2) is 9.79 Å². The molecule has 24 heavy (non-hydrogen) atoms. The lowest BCUT2D eigenvalue weighted by Crippen LogP contribution is -2.64. The molecule has 2 atom stereocenters. The van der Waals surface area contributed by atoms with E-state index in [4.69, 9.17) is 4.42 Å². The molecule has 2 aliphatic rings. The zero-order valence-corrected chi connectivity index (χ0v) is 13.2. The maximum absolute atomic E-state index is 12.3. The van der Waals surface area contributed by atoms with E-state index < -0.39 is 24.1 Å². The third-order valence-electron chi connectivity index (χ3n) is 4.00. The molecule has 128 valence electrons. The van der Waals surface area contributed by atoms with Gasteiger partial charge in [-0.2, -0.15) is 0 Å². The maximum Gasteiger partial charge on any atom is 0.328 e. The predicted octanol–water partition coefficient (Wildman–Crippen LogP) is -0.836. The highest BCUT2D eigenvalue weighted by Crippen LogP contribution is 2.24. The van der Waals surface area contributed by atoms with Crippen LogP contribution in [0.4, 0.5) is 4.79 Å². The van der Waals surface area contributed by atoms with Crippen molar-refractivity contribution in [1.82, 2.24) is 20.0 Å². The van der Waals surface area contributed by atoms with E-state index in [1.807, 2.05) is 0 Å². The summed E-state index contributed by atoms with van der Waals surface area (Å²) >= 11 is 0. The van der Waals surface area contributed by atoms with Crippen LogP contribution in [0.1, 0.15) is 5.76 Å². The maximum atomic E-state index is 12.3. The Balaban J connectivity index is 1.61. The van der Waals surface area contributed by atoms with Crippen molar-refractivity contribution < 1.29 is 23.9 Å². The molecule has 1 saturated heterocycles. The SMILES string of the molecule is CN1C(=O)C2C(N=CN2CC(=O)NCc2cc(O)co2)N(C)C1=O. The minimum atomic E-state index is -0.712. The Hall–Kier alpha value is -3.04. The largest absolute Gasteiger partial charge is 0.505 e. The van der Waals surface area contributed by atoms with Crippen molar-refractivity contribution in [1.29, 1.82) is 0 Å². The predicted molar refractivity (Wildman–Crippen MR) is 80.9 cm³/mol. The molecular formula is C14H17N5O5. The van der Waals surface area contributed by atoms with Crippen molar-refractivity contribution in [3.05, 3.63) is 18.1 Å². The Labute approximate surface area is 137 Å². The fraction of sp³-hybridized carbons (Fsp3) is 0.429. The minimum absolute atomic E-state index is 0.0164. The molecule has 2 unspecified atom stereocenters. The number of hydrogen-bond acceptors (Lipinski definition) is 7. The second kappa shape index (κ2) is 5.87. The Kier molecular flexibility index (Phi) is 3.87. The first kappa shape index (κ1) is 15.8. The van der Waals surface area contributed by atoms with E-state index >= 15 is 0 Å². The molecule has 3 rings (SSSR count). The molecule has 1 fully saturated rings. The van der Waals surface area contributed by atoms with Crippen molar-refractivity contribution in [3.63, 3.8) is 0 Å². The summed E-state index contributed by atoms with van der Waals surface area (Å²) in [4.78, 5) is 44.3. The lowest BCUT2D eigenvalue weighted by Gasteiger charge is -2.39. The molecule has 2 aliphatic heterocycles. The zero-order valence-electron chi connectivity index (χ0n) is 13.2. The van der Waals surface area contributed by atoms with Crippen LogP contribution in [0, 0.1) is 0 Å². The van der Waals surface area contributed by atoms with Gasteiger partial charge in [0.05, 0.1) is 19.4 Å². The molecular weight excluding hydrogens is 318 g/mol. The third-order valence-corrected chi connectivity index (χ3v) is 4.00. The zero-order chi connectivity index (χ0) is 17.4. The number of fused-ring (bicyclic) bond motifs is 1. The molecule has 0 bridgehead atoms. The summed E-state index contributed by atoms with van der Waals surface area (Å²) in [7, 11) is 2.96. The molecule has 10 nitrogen and oxygen atoms in total. The Morgan fingerprint density at radius 1 is 1.42 bits per heavy atom. The lowest BCUT2D eigenvalue weighted by atomic mass is 10.1. The summed E-state index contributed by atoms with van der Waals surface area (Å²) in [6.45, 7) is 0.0314. The van der Waals surface area contributed by atoms with Gasteiger partial charge in [-0.05, 0) is 0 Å². The van der Waals surface area contributed by atoms with Gasteiger partial charge in [0.2, 0.25) is 5.91 Å². The number of nitrogens with zero attached hydrogens (tertiary/aromatic N) is 4. The average Bonchev–Trinajstić information content (AvgIpc) is 3.15. The normalized spacial score (nSPS) is 23.0. The fourth-order valence-electron chi connectivity index (χ4n) is 2.71. The minimum Gasteiger partial charge on any atom is -0.505 e. The summed E-state index contributed by atoms with van der Waals surface area (Å²) in [5.41, 5.74) is 0. The van der Waals surface area contributed by atoms with Gasteiger partial charge in [0.25, 0.3) is 5.91 Å². The number of furan rings is 1. The van der Waals surface area contributed by atoms with Crippen LogP contribution in [0.5, 0.6) is 5.75 Å². The van der Waals surface area contributed by atoms with Gasteiger partial charge in [0, 0.05) is 20.2 Å². The molecule has 0 aliphatic carbocycles. The summed E-state index contributed by atoms with van der Waals surface area (Å²) in [5.74, 6) is -0.345. The molecule has 3 heterocycles. The monoisotopic (exact) mass is 335 g/mol. The van der Waals surface area contributed by atoms with E-state index in [1.165, 1.54) is 35.5 Å². The number of carbonyl (C=O) groups excluding carboxylic acids is 3. The van der Waals surface area contributed by atoms with Gasteiger partial charge >= 0.3 is 6.03 Å². The van der Waals surface area contributed by atoms with Crippen LogP contribution in [-0.2, 0) is 16.1 Å². The number of urea groups is 1. The van der Waals surface area contributed by atoms with Crippen LogP contribution >= 0.6 is 0 Å². The number of aromatic hydroxyl groups is 1. The van der Waals surface area contributed by atoms with Gasteiger partial charge < -0.3 is 24.6 Å². The highest BCUT2D eigenvalue weighted by molar-refractivity contribution is 6.02. The van der Waals surface area contributed by atoms with E-state index in [9.17, 15) is 19.5 Å². The lowest BCUT2D eigenvalue weighted by molar-refractivity contribution is -0.136. The van der Waals surface area contributed by atoms with Crippen molar-refractivity contribution in [3.8, 4) is 5.75 Å². The Morgan fingerprint density at radius 2 is 2.17 bits per heavy atom. The van der Waals surface area contributed by atoms with Gasteiger partial charge in [-0.1, -0.05) is 0 Å². The fourth-order valence-corrected chi connectivity index (χ4v) is 2.71. The first-order valence-electron chi connectivity index (χ1n) is 7.25. The van der Waals surface area contributed by atoms with Gasteiger partial charge in [0.1, 0.15) is 12.0 Å². The molecule has 1 aromatic rings. The molecule has 1 aromatic heterocycles. The summed E-state index contributed by atoms with van der Waals surface area (Å²) in [6, 6.07) is 0.256. The number of rotatable bonds is 4. The van der Waals surface area contributed by atoms with Crippen LogP contribution in [0.3, 0.4) is 0 Å². The van der Waals surface area contributed by atoms with Crippen LogP contribution in [-0.4, -0.2) is 76.8 Å². The number of carbonyl (C=O) groups is 3. The molecule has 0 saturated carbocycles. The number of aliphatic imine (C=N–C) groups is 1. The van der Waals surface area contributed by atoms with Crippen molar-refractivity contribution in [2.24, 2.45) is 4.99 Å². The van der Waals surface area contributed by atoms with Crippen LogP contribution in [0.2, 0.25) is 0 Å². The van der Waals surface area contributed by atoms with Crippen LogP contribution in [0.25, 0.3) is 0 Å². The third kappa shape index (κ3) is 2.66. The molecule has 0 radical (unpaired) electrons. The van der Waals surface area contributed by atoms with Gasteiger partial charge in [0.15, 0.2) is 18.0 Å². The van der Waals surface area contributed by atoms with Crippen molar-refractivity contribution >= 4 is 24.2 Å². The second-order valence-electron chi connectivity index (χ2n) is 5.63. The van der Waals surface area contributed by atoms with Crippen molar-refractivity contribution in [2.45, 2.75) is 18.8 Å². The second-order valence-corrected chi connectivity index (χ2v) is 5.63. The number of nitrogens with one attached hydrogen (secondary N) is 1. The molecule has 10 heteroatoms. The van der Waals surface area contributed by atoms with E-state index in [0.29, 0.717) is 5.76 Å². The quantitative estimate of drug-likeness (QED) is 0.741. The Morgan fingerprint density at radius 3 is 2.83 bits per heavy atom. The van der Waals surface area contributed by atoms with Gasteiger partial charge in [-0.3, -0.25) is 14.5 Å². The number of amides is 4. The van der Waals surface area contributed by atoms with Crippen molar-refractivity contribution in [2.75, 3.05) is 20.6 Å². The van der Waals surface area contributed by atoms with Gasteiger partial charge in [-0.15, -0.1) is 0 Å². The summed E-state index contributed by atoms with van der Waals surface area (Å²) in [6.07, 6.45) is 1.95. The molecule has 2 N–H and O–H groups in total. The summed E-state index contributed by atoms with van der Waals surface area (Å²) < 4.78 is 5.02. The standard InChI is InChI=1S/C14H17N5O5/c1-17-12-11(13(22)18(2)14(17)23)19(7-16-12)5-10(21)15-4-9-3-8(20)6-24-9/h3,6-7,11-12,20H,4-5H2,1-2H3,(H,15,21). The number of likely N-dealkylation sites (N-methyl/N-ethyl adjacent to an activating group) is 2. The van der Waals surface area contributed by atoms with E-state index in [0.717, 1.165) is 4.90 Å².